The van der Waals surface area contributed by atoms with Gasteiger partial charge in [0.05, 0.1) is 17.3 Å². The summed E-state index contributed by atoms with van der Waals surface area (Å²) in [4.78, 5) is 41.9. The van der Waals surface area contributed by atoms with Gasteiger partial charge in [0.25, 0.3) is 17.7 Å². The molecule has 0 fully saturated rings. The summed E-state index contributed by atoms with van der Waals surface area (Å²) < 4.78 is 30.3. The lowest BCUT2D eigenvalue weighted by Crippen LogP contribution is -2.27. The van der Waals surface area contributed by atoms with Gasteiger partial charge in [-0.3, -0.25) is 9.59 Å². The van der Waals surface area contributed by atoms with E-state index in [4.69, 9.17) is 11.6 Å². The van der Waals surface area contributed by atoms with E-state index in [2.05, 4.69) is 35.7 Å². The van der Waals surface area contributed by atoms with Crippen molar-refractivity contribution in [3.8, 4) is 5.82 Å². The van der Waals surface area contributed by atoms with Crippen LogP contribution in [0.3, 0.4) is 0 Å². The summed E-state index contributed by atoms with van der Waals surface area (Å²) in [6, 6.07) is 3.74. The average molecular weight is 547 g/mol. The predicted octanol–water partition coefficient (Wildman–Crippen LogP) is 4.80. The van der Waals surface area contributed by atoms with E-state index >= 15 is 0 Å². The largest absolute Gasteiger partial charge is 0.342 e. The first-order valence-corrected chi connectivity index (χ1v) is 12.3. The molecule has 0 saturated heterocycles. The Labute approximate surface area is 219 Å². The van der Waals surface area contributed by atoms with Crippen molar-refractivity contribution in [2.75, 3.05) is 5.32 Å². The van der Waals surface area contributed by atoms with Gasteiger partial charge in [0.2, 0.25) is 0 Å². The summed E-state index contributed by atoms with van der Waals surface area (Å²) in [5.41, 5.74) is -0.269. The molecule has 0 aliphatic heterocycles. The van der Waals surface area contributed by atoms with E-state index in [-0.39, 0.29) is 34.3 Å². The van der Waals surface area contributed by atoms with Gasteiger partial charge in [-0.2, -0.15) is 5.10 Å². The number of nitrogens with zero attached hydrogens (tertiary/aromatic N) is 6. The summed E-state index contributed by atoms with van der Waals surface area (Å²) in [6.45, 7) is 3.35. The number of anilines is 1. The van der Waals surface area contributed by atoms with Gasteiger partial charge in [-0.25, -0.2) is 33.4 Å². The molecule has 0 aliphatic carbocycles. The Hall–Kier alpha value is -3.84. The third-order valence-corrected chi connectivity index (χ3v) is 6.62. The van der Waals surface area contributed by atoms with Crippen LogP contribution in [0.4, 0.5) is 14.6 Å². The summed E-state index contributed by atoms with van der Waals surface area (Å²) in [5, 5.41) is 9.62. The van der Waals surface area contributed by atoms with Crippen molar-refractivity contribution < 1.29 is 18.4 Å². The number of amides is 2. The van der Waals surface area contributed by atoms with E-state index in [0.29, 0.717) is 10.8 Å². The number of carbonyl (C=O) groups is 2. The van der Waals surface area contributed by atoms with E-state index in [1.54, 1.807) is 32.3 Å². The summed E-state index contributed by atoms with van der Waals surface area (Å²) in [7, 11) is 0. The van der Waals surface area contributed by atoms with Crippen LogP contribution in [0.15, 0.2) is 49.3 Å². The Morgan fingerprint density at radius 1 is 1.16 bits per heavy atom. The number of hydrogen-bond donors (Lipinski definition) is 2. The monoisotopic (exact) mass is 546 g/mol. The number of thiazole rings is 1. The second-order valence-corrected chi connectivity index (χ2v) is 9.40. The Balaban J connectivity index is 1.42. The molecule has 192 valence electrons. The lowest BCUT2D eigenvalue weighted by molar-refractivity contribution is -0.0139. The van der Waals surface area contributed by atoms with Crippen molar-refractivity contribution in [2.45, 2.75) is 38.7 Å². The van der Waals surface area contributed by atoms with Crippen molar-refractivity contribution in [1.82, 2.24) is 35.0 Å². The van der Waals surface area contributed by atoms with Crippen molar-refractivity contribution in [3.63, 3.8) is 0 Å². The SMILES string of the molecule is CCCC(F)(F)c1cc(NC(=O)c2cnc(C(C)NC(=O)c3cc(-n4cccn4)ncn3)s2)ncc1Cl. The highest BCUT2D eigenvalue weighted by Crippen LogP contribution is 2.38. The summed E-state index contributed by atoms with van der Waals surface area (Å²) in [6.07, 6.45) is 6.82. The minimum atomic E-state index is -3.15. The molecule has 0 aliphatic rings. The highest BCUT2D eigenvalue weighted by atomic mass is 35.5. The maximum absolute atomic E-state index is 14.4. The molecule has 0 bridgehead atoms. The molecular formula is C23H21ClF2N8O2S. The van der Waals surface area contributed by atoms with E-state index in [0.717, 1.165) is 23.6 Å². The zero-order valence-corrected chi connectivity index (χ0v) is 21.2. The fraction of sp³-hybridized carbons (Fsp3) is 0.261. The molecule has 0 aromatic carbocycles. The van der Waals surface area contributed by atoms with Crippen LogP contribution in [-0.2, 0) is 5.92 Å². The van der Waals surface area contributed by atoms with E-state index < -0.39 is 29.3 Å². The van der Waals surface area contributed by atoms with E-state index in [1.165, 1.54) is 23.3 Å². The molecule has 4 aromatic rings. The quantitative estimate of drug-likeness (QED) is 0.308. The molecule has 10 nitrogen and oxygen atoms in total. The second kappa shape index (κ2) is 11.0. The Morgan fingerprint density at radius 3 is 2.70 bits per heavy atom. The minimum absolute atomic E-state index is 0.0618. The fourth-order valence-electron chi connectivity index (χ4n) is 3.34. The van der Waals surface area contributed by atoms with Crippen LogP contribution >= 0.6 is 22.9 Å². The number of pyridine rings is 1. The van der Waals surface area contributed by atoms with Crippen molar-refractivity contribution in [1.29, 1.82) is 0 Å². The first kappa shape index (κ1) is 26.2. The van der Waals surface area contributed by atoms with Gasteiger partial charge >= 0.3 is 0 Å². The number of aromatic nitrogens is 6. The molecule has 2 N–H and O–H groups in total. The number of hydrogen-bond acceptors (Lipinski definition) is 8. The Kier molecular flexibility index (Phi) is 7.83. The highest BCUT2D eigenvalue weighted by molar-refractivity contribution is 7.13. The molecule has 2 amide bonds. The Morgan fingerprint density at radius 2 is 1.97 bits per heavy atom. The summed E-state index contributed by atoms with van der Waals surface area (Å²) in [5.74, 6) is -3.83. The molecular weight excluding hydrogens is 526 g/mol. The number of rotatable bonds is 9. The van der Waals surface area contributed by atoms with E-state index in [1.807, 2.05) is 0 Å². The predicted molar refractivity (Wildman–Crippen MR) is 133 cm³/mol. The molecule has 0 radical (unpaired) electrons. The average Bonchev–Trinajstić information content (AvgIpc) is 3.58. The second-order valence-electron chi connectivity index (χ2n) is 7.93. The van der Waals surface area contributed by atoms with Gasteiger partial charge in [-0.15, -0.1) is 11.3 Å². The van der Waals surface area contributed by atoms with Crippen molar-refractivity contribution >= 4 is 40.6 Å². The number of halogens is 3. The summed E-state index contributed by atoms with van der Waals surface area (Å²) >= 11 is 6.96. The zero-order valence-electron chi connectivity index (χ0n) is 19.7. The molecule has 4 heterocycles. The minimum Gasteiger partial charge on any atom is -0.342 e. The van der Waals surface area contributed by atoms with Gasteiger partial charge in [0.1, 0.15) is 27.7 Å². The molecule has 0 spiro atoms. The van der Waals surface area contributed by atoms with Crippen LogP contribution in [0.5, 0.6) is 0 Å². The van der Waals surface area contributed by atoms with Crippen LogP contribution in [0, 0.1) is 0 Å². The molecule has 0 saturated carbocycles. The molecule has 1 unspecified atom stereocenters. The third kappa shape index (κ3) is 6.12. The highest BCUT2D eigenvalue weighted by Gasteiger charge is 2.33. The van der Waals surface area contributed by atoms with Crippen LogP contribution in [0.25, 0.3) is 5.82 Å². The van der Waals surface area contributed by atoms with Gasteiger partial charge in [-0.1, -0.05) is 24.9 Å². The van der Waals surface area contributed by atoms with Gasteiger partial charge in [0.15, 0.2) is 5.82 Å². The normalized spacial score (nSPS) is 12.2. The van der Waals surface area contributed by atoms with Crippen molar-refractivity contribution in [2.24, 2.45) is 0 Å². The molecule has 1 atom stereocenters. The van der Waals surface area contributed by atoms with Crippen LogP contribution in [0.1, 0.15) is 63.5 Å². The van der Waals surface area contributed by atoms with Gasteiger partial charge in [0, 0.05) is 36.6 Å². The van der Waals surface area contributed by atoms with Gasteiger partial charge in [-0.05, 0) is 19.1 Å². The number of alkyl halides is 2. The zero-order chi connectivity index (χ0) is 26.6. The first-order valence-electron chi connectivity index (χ1n) is 11.1. The number of carbonyl (C=O) groups excluding carboxylic acids is 2. The van der Waals surface area contributed by atoms with E-state index in [9.17, 15) is 18.4 Å². The Bertz CT molecular complexity index is 1410. The molecule has 4 rings (SSSR count). The molecule has 37 heavy (non-hydrogen) atoms. The molecule has 4 aromatic heterocycles. The number of nitrogens with one attached hydrogen (secondary N) is 2. The van der Waals surface area contributed by atoms with Crippen LogP contribution in [0.2, 0.25) is 5.02 Å². The smallest absolute Gasteiger partial charge is 0.274 e. The van der Waals surface area contributed by atoms with Crippen molar-refractivity contribution in [3.05, 3.63) is 75.5 Å². The third-order valence-electron chi connectivity index (χ3n) is 5.14. The molecule has 14 heteroatoms. The fourth-order valence-corrected chi connectivity index (χ4v) is 4.40. The topological polar surface area (TPSA) is 128 Å². The lowest BCUT2D eigenvalue weighted by atomic mass is 10.1. The van der Waals surface area contributed by atoms with Crippen LogP contribution in [-0.4, -0.2) is 41.5 Å². The van der Waals surface area contributed by atoms with Gasteiger partial charge < -0.3 is 10.6 Å². The maximum Gasteiger partial charge on any atom is 0.274 e. The first-order chi connectivity index (χ1) is 17.7. The maximum atomic E-state index is 14.4. The lowest BCUT2D eigenvalue weighted by Gasteiger charge is -2.17. The standard InChI is InChI=1S/C23H21ClF2N8O2S/c1-3-5-23(25,26)14-8-18(27-10-15(14)24)33-21(36)17-11-28-22(37-17)13(2)32-20(35)16-9-19(30-12-29-16)34-7-4-6-31-34/h4,6-13H,3,5H2,1-2H3,(H,32,35)(H,27,33,36). The van der Waals surface area contributed by atoms with Crippen LogP contribution < -0.4 is 10.6 Å².